The summed E-state index contributed by atoms with van der Waals surface area (Å²) in [6.07, 6.45) is 1.09. The number of nitrogens with zero attached hydrogens (tertiary/aromatic N) is 1. The second kappa shape index (κ2) is 8.72. The number of carbonyl (C=O) groups excluding carboxylic acids is 1. The minimum Gasteiger partial charge on any atom is -0.380 e. The molecule has 2 rings (SSSR count). The van der Waals surface area contributed by atoms with Gasteiger partial charge in [-0.2, -0.15) is 5.26 Å². The number of carbonyl (C=O) groups is 1. The zero-order valence-electron chi connectivity index (χ0n) is 13.2. The number of amides is 1. The summed E-state index contributed by atoms with van der Waals surface area (Å²) in [4.78, 5) is 12.0. The van der Waals surface area contributed by atoms with Crippen LogP contribution < -0.4 is 5.32 Å². The lowest BCUT2D eigenvalue weighted by Crippen LogP contribution is -2.23. The molecule has 0 unspecified atom stereocenters. The number of aryl methyl sites for hydroxylation is 1. The molecule has 2 aromatic rings. The normalized spacial score (nSPS) is 10.1. The summed E-state index contributed by atoms with van der Waals surface area (Å²) in [5.41, 5.74) is 3.84. The fourth-order valence-electron chi connectivity index (χ4n) is 2.31. The summed E-state index contributed by atoms with van der Waals surface area (Å²) in [6.45, 7) is 1.04. The van der Waals surface area contributed by atoms with Gasteiger partial charge in [0, 0.05) is 20.1 Å². The molecule has 23 heavy (non-hydrogen) atoms. The first-order chi connectivity index (χ1) is 11.2. The minimum atomic E-state index is 0.0154. The molecule has 1 amide bonds. The topological polar surface area (TPSA) is 62.1 Å². The lowest BCUT2D eigenvalue weighted by molar-refractivity contribution is -0.121. The zero-order valence-corrected chi connectivity index (χ0v) is 13.2. The molecule has 118 valence electrons. The van der Waals surface area contributed by atoms with Crippen LogP contribution in [0.4, 0.5) is 0 Å². The number of nitriles is 1. The molecule has 0 aliphatic rings. The van der Waals surface area contributed by atoms with Crippen molar-refractivity contribution in [3.05, 3.63) is 70.8 Å². The Morgan fingerprint density at radius 3 is 2.48 bits per heavy atom. The maximum Gasteiger partial charge on any atom is 0.220 e. The van der Waals surface area contributed by atoms with E-state index >= 15 is 0 Å². The predicted molar refractivity (Wildman–Crippen MR) is 88.5 cm³/mol. The summed E-state index contributed by atoms with van der Waals surface area (Å²) < 4.78 is 5.16. The Morgan fingerprint density at radius 1 is 1.13 bits per heavy atom. The Labute approximate surface area is 136 Å². The van der Waals surface area contributed by atoms with Crippen molar-refractivity contribution in [1.82, 2.24) is 5.32 Å². The Balaban J connectivity index is 1.82. The van der Waals surface area contributed by atoms with Crippen molar-refractivity contribution < 1.29 is 9.53 Å². The summed E-state index contributed by atoms with van der Waals surface area (Å²) in [7, 11) is 1.66. The van der Waals surface area contributed by atoms with E-state index in [9.17, 15) is 4.79 Å². The van der Waals surface area contributed by atoms with Gasteiger partial charge in [-0.25, -0.2) is 0 Å². The highest BCUT2D eigenvalue weighted by molar-refractivity contribution is 5.76. The van der Waals surface area contributed by atoms with Crippen LogP contribution >= 0.6 is 0 Å². The monoisotopic (exact) mass is 308 g/mol. The largest absolute Gasteiger partial charge is 0.380 e. The minimum absolute atomic E-state index is 0.0154. The Kier molecular flexibility index (Phi) is 6.34. The van der Waals surface area contributed by atoms with E-state index in [1.54, 1.807) is 19.2 Å². The van der Waals surface area contributed by atoms with Crippen LogP contribution in [0.25, 0.3) is 0 Å². The van der Waals surface area contributed by atoms with E-state index in [-0.39, 0.29) is 5.91 Å². The molecular formula is C19H20N2O2. The summed E-state index contributed by atoms with van der Waals surface area (Å²) >= 11 is 0. The van der Waals surface area contributed by atoms with Gasteiger partial charge in [0.25, 0.3) is 0 Å². The number of methoxy groups -OCH3 is 1. The van der Waals surface area contributed by atoms with Crippen LogP contribution in [0.2, 0.25) is 0 Å². The smallest absolute Gasteiger partial charge is 0.220 e. The number of nitrogens with one attached hydrogen (secondary N) is 1. The van der Waals surface area contributed by atoms with E-state index < -0.39 is 0 Å². The van der Waals surface area contributed by atoms with Crippen LogP contribution in [-0.2, 0) is 29.1 Å². The summed E-state index contributed by atoms with van der Waals surface area (Å²) in [6, 6.07) is 17.3. The molecule has 1 N–H and O–H groups in total. The molecule has 2 aromatic carbocycles. The predicted octanol–water partition coefficient (Wildman–Crippen LogP) is 2.95. The number of benzene rings is 2. The first-order valence-corrected chi connectivity index (χ1v) is 7.54. The van der Waals surface area contributed by atoms with Gasteiger partial charge in [0.1, 0.15) is 0 Å². The average Bonchev–Trinajstić information content (AvgIpc) is 2.60. The van der Waals surface area contributed by atoms with E-state index in [0.29, 0.717) is 31.6 Å². The van der Waals surface area contributed by atoms with Crippen LogP contribution in [0.5, 0.6) is 0 Å². The van der Waals surface area contributed by atoms with Crippen molar-refractivity contribution in [2.24, 2.45) is 0 Å². The molecule has 0 saturated carbocycles. The lowest BCUT2D eigenvalue weighted by Gasteiger charge is -2.10. The number of hydrogen-bond acceptors (Lipinski definition) is 3. The van der Waals surface area contributed by atoms with Crippen molar-refractivity contribution in [2.45, 2.75) is 26.0 Å². The number of hydrogen-bond donors (Lipinski definition) is 1. The van der Waals surface area contributed by atoms with E-state index in [1.807, 2.05) is 36.4 Å². The van der Waals surface area contributed by atoms with Crippen LogP contribution in [0.3, 0.4) is 0 Å². The van der Waals surface area contributed by atoms with Gasteiger partial charge in [-0.15, -0.1) is 0 Å². The Bertz CT molecular complexity index is 687. The second-order valence-corrected chi connectivity index (χ2v) is 5.29. The second-order valence-electron chi connectivity index (χ2n) is 5.29. The van der Waals surface area contributed by atoms with Crippen molar-refractivity contribution in [2.75, 3.05) is 7.11 Å². The van der Waals surface area contributed by atoms with Gasteiger partial charge >= 0.3 is 0 Å². The molecule has 0 aromatic heterocycles. The maximum absolute atomic E-state index is 12.0. The molecule has 0 saturated heterocycles. The SMILES string of the molecule is COCc1ccccc1CNC(=O)CCc1ccc(C#N)cc1. The quantitative estimate of drug-likeness (QED) is 0.855. The van der Waals surface area contributed by atoms with Crippen molar-refractivity contribution in [1.29, 1.82) is 5.26 Å². The lowest BCUT2D eigenvalue weighted by atomic mass is 10.1. The third kappa shape index (κ3) is 5.24. The van der Waals surface area contributed by atoms with Gasteiger partial charge in [-0.3, -0.25) is 4.79 Å². The maximum atomic E-state index is 12.0. The standard InChI is InChI=1S/C19H20N2O2/c1-23-14-18-5-3-2-4-17(18)13-21-19(22)11-10-15-6-8-16(12-20)9-7-15/h2-9H,10-11,13-14H2,1H3,(H,21,22). The molecule has 0 aliphatic heterocycles. The van der Waals surface area contributed by atoms with Crippen LogP contribution in [0, 0.1) is 11.3 Å². The van der Waals surface area contributed by atoms with E-state index in [2.05, 4.69) is 11.4 Å². The Morgan fingerprint density at radius 2 is 1.83 bits per heavy atom. The summed E-state index contributed by atoms with van der Waals surface area (Å²) in [5, 5.41) is 11.7. The molecule has 0 radical (unpaired) electrons. The molecular weight excluding hydrogens is 288 g/mol. The molecule has 4 heteroatoms. The van der Waals surface area contributed by atoms with Gasteiger partial charge in [0.15, 0.2) is 0 Å². The van der Waals surface area contributed by atoms with Crippen LogP contribution in [0.15, 0.2) is 48.5 Å². The van der Waals surface area contributed by atoms with E-state index in [4.69, 9.17) is 10.00 Å². The number of ether oxygens (including phenoxy) is 1. The van der Waals surface area contributed by atoms with E-state index in [1.165, 1.54) is 0 Å². The highest BCUT2D eigenvalue weighted by Gasteiger charge is 2.05. The number of rotatable bonds is 7. The first-order valence-electron chi connectivity index (χ1n) is 7.54. The van der Waals surface area contributed by atoms with E-state index in [0.717, 1.165) is 16.7 Å². The third-order valence-corrected chi connectivity index (χ3v) is 3.62. The highest BCUT2D eigenvalue weighted by Crippen LogP contribution is 2.10. The molecule has 0 fully saturated rings. The molecule has 0 aliphatic carbocycles. The fraction of sp³-hybridized carbons (Fsp3) is 0.263. The molecule has 0 heterocycles. The highest BCUT2D eigenvalue weighted by atomic mass is 16.5. The first kappa shape index (κ1) is 16.7. The van der Waals surface area contributed by atoms with Gasteiger partial charge in [0.05, 0.1) is 18.2 Å². The van der Waals surface area contributed by atoms with Gasteiger partial charge in [-0.1, -0.05) is 36.4 Å². The molecule has 0 atom stereocenters. The molecule has 4 nitrogen and oxygen atoms in total. The third-order valence-electron chi connectivity index (χ3n) is 3.62. The van der Waals surface area contributed by atoms with Gasteiger partial charge < -0.3 is 10.1 Å². The summed E-state index contributed by atoms with van der Waals surface area (Å²) in [5.74, 6) is 0.0154. The van der Waals surface area contributed by atoms with Gasteiger partial charge in [-0.05, 0) is 35.2 Å². The van der Waals surface area contributed by atoms with Crippen LogP contribution in [0.1, 0.15) is 28.7 Å². The van der Waals surface area contributed by atoms with Crippen molar-refractivity contribution in [3.8, 4) is 6.07 Å². The van der Waals surface area contributed by atoms with Crippen molar-refractivity contribution >= 4 is 5.91 Å². The molecule has 0 bridgehead atoms. The molecule has 0 spiro atoms. The average molecular weight is 308 g/mol. The van der Waals surface area contributed by atoms with Crippen molar-refractivity contribution in [3.63, 3.8) is 0 Å². The fourth-order valence-corrected chi connectivity index (χ4v) is 2.31. The van der Waals surface area contributed by atoms with Gasteiger partial charge in [0.2, 0.25) is 5.91 Å². The zero-order chi connectivity index (χ0) is 16.5. The Hall–Kier alpha value is -2.64. The van der Waals surface area contributed by atoms with Crippen LogP contribution in [-0.4, -0.2) is 13.0 Å².